The third-order valence-electron chi connectivity index (χ3n) is 3.91. The fraction of sp³-hybridized carbons (Fsp3) is 0.250. The SMILES string of the molecule is CC1c2ccccc2[C@@]2(c3ccccc3)OO[C@@H]1O2. The summed E-state index contributed by atoms with van der Waals surface area (Å²) in [5, 5.41) is 0. The number of hydrogen-bond donors (Lipinski definition) is 0. The van der Waals surface area contributed by atoms with Crippen LogP contribution in [0.2, 0.25) is 0 Å². The van der Waals surface area contributed by atoms with E-state index in [-0.39, 0.29) is 12.2 Å². The van der Waals surface area contributed by atoms with Gasteiger partial charge in [0.15, 0.2) is 0 Å². The summed E-state index contributed by atoms with van der Waals surface area (Å²) < 4.78 is 6.07. The van der Waals surface area contributed by atoms with Crippen LogP contribution >= 0.6 is 0 Å². The van der Waals surface area contributed by atoms with Crippen LogP contribution in [0.4, 0.5) is 0 Å². The van der Waals surface area contributed by atoms with Gasteiger partial charge in [0.1, 0.15) is 0 Å². The van der Waals surface area contributed by atoms with Crippen LogP contribution in [-0.4, -0.2) is 6.29 Å². The second-order valence-corrected chi connectivity index (χ2v) is 5.02. The molecular weight excluding hydrogens is 240 g/mol. The molecule has 2 aromatic carbocycles. The number of hydrogen-bond acceptors (Lipinski definition) is 3. The van der Waals surface area contributed by atoms with Crippen LogP contribution in [0, 0.1) is 0 Å². The van der Waals surface area contributed by atoms with Crippen LogP contribution in [0.1, 0.15) is 29.5 Å². The molecule has 0 radical (unpaired) electrons. The average molecular weight is 254 g/mol. The molecule has 3 heteroatoms. The zero-order valence-electron chi connectivity index (χ0n) is 10.6. The van der Waals surface area contributed by atoms with Crippen LogP contribution in [0.25, 0.3) is 0 Å². The Balaban J connectivity index is 1.97. The maximum absolute atomic E-state index is 6.07. The molecule has 2 aromatic rings. The smallest absolute Gasteiger partial charge is 0.256 e. The van der Waals surface area contributed by atoms with Gasteiger partial charge in [-0.1, -0.05) is 61.5 Å². The van der Waals surface area contributed by atoms with Gasteiger partial charge in [-0.05, 0) is 5.56 Å². The highest BCUT2D eigenvalue weighted by atomic mass is 17.3. The highest BCUT2D eigenvalue weighted by Crippen LogP contribution is 2.51. The Kier molecular flexibility index (Phi) is 2.30. The lowest BCUT2D eigenvalue weighted by Gasteiger charge is -2.34. The molecule has 96 valence electrons. The average Bonchev–Trinajstić information content (AvgIpc) is 2.89. The zero-order chi connectivity index (χ0) is 12.9. The van der Waals surface area contributed by atoms with Crippen molar-refractivity contribution in [2.45, 2.75) is 24.9 Å². The summed E-state index contributed by atoms with van der Waals surface area (Å²) >= 11 is 0. The predicted octanol–water partition coefficient (Wildman–Crippen LogP) is 3.31. The standard InChI is InChI=1S/C16H14O3/c1-11-13-9-5-6-10-14(13)16(17-15(11)18-19-16)12-7-3-2-4-8-12/h2-11,15H,1H3/t11?,15-,16+/m0/s1. The Morgan fingerprint density at radius 3 is 2.53 bits per heavy atom. The second kappa shape index (κ2) is 3.90. The van der Waals surface area contributed by atoms with Gasteiger partial charge in [-0.15, -0.1) is 0 Å². The van der Waals surface area contributed by atoms with E-state index in [0.717, 1.165) is 11.1 Å². The molecule has 3 atom stereocenters. The molecule has 0 amide bonds. The molecule has 0 saturated carbocycles. The molecule has 1 unspecified atom stereocenters. The summed E-state index contributed by atoms with van der Waals surface area (Å²) in [5.74, 6) is -0.759. The highest BCUT2D eigenvalue weighted by molar-refractivity contribution is 5.43. The molecule has 2 aliphatic rings. The van der Waals surface area contributed by atoms with E-state index in [9.17, 15) is 0 Å². The summed E-state index contributed by atoms with van der Waals surface area (Å²) in [6.07, 6.45) is -0.352. The van der Waals surface area contributed by atoms with E-state index in [1.165, 1.54) is 5.56 Å². The van der Waals surface area contributed by atoms with E-state index in [2.05, 4.69) is 13.0 Å². The topological polar surface area (TPSA) is 27.7 Å². The molecule has 0 aromatic heterocycles. The number of fused-ring (bicyclic) bond motifs is 4. The summed E-state index contributed by atoms with van der Waals surface area (Å²) in [4.78, 5) is 11.0. The van der Waals surface area contributed by atoms with Crippen molar-refractivity contribution in [3.63, 3.8) is 0 Å². The minimum Gasteiger partial charge on any atom is -0.307 e. The second-order valence-electron chi connectivity index (χ2n) is 5.02. The van der Waals surface area contributed by atoms with Gasteiger partial charge < -0.3 is 4.74 Å². The van der Waals surface area contributed by atoms with Gasteiger partial charge >= 0.3 is 0 Å². The molecule has 2 aliphatic heterocycles. The van der Waals surface area contributed by atoms with Crippen LogP contribution in [0.15, 0.2) is 54.6 Å². The molecule has 2 heterocycles. The van der Waals surface area contributed by atoms with Crippen molar-refractivity contribution >= 4 is 0 Å². The first-order valence-corrected chi connectivity index (χ1v) is 6.48. The van der Waals surface area contributed by atoms with Crippen LogP contribution in [0.3, 0.4) is 0 Å². The van der Waals surface area contributed by atoms with E-state index in [1.807, 2.05) is 48.5 Å². The van der Waals surface area contributed by atoms with Gasteiger partial charge in [0.2, 0.25) is 6.29 Å². The summed E-state index contributed by atoms with van der Waals surface area (Å²) in [6, 6.07) is 18.1. The van der Waals surface area contributed by atoms with Gasteiger partial charge in [0.05, 0.1) is 0 Å². The Labute approximate surface area is 111 Å². The zero-order valence-corrected chi connectivity index (χ0v) is 10.6. The van der Waals surface area contributed by atoms with Gasteiger partial charge in [0, 0.05) is 17.0 Å². The fourth-order valence-corrected chi connectivity index (χ4v) is 2.88. The Hall–Kier alpha value is -1.68. The normalized spacial score (nSPS) is 32.1. The molecule has 2 bridgehead atoms. The molecule has 0 spiro atoms. The predicted molar refractivity (Wildman–Crippen MR) is 69.1 cm³/mol. The largest absolute Gasteiger partial charge is 0.307 e. The van der Waals surface area contributed by atoms with Crippen LogP contribution in [0.5, 0.6) is 0 Å². The lowest BCUT2D eigenvalue weighted by atomic mass is 9.85. The Morgan fingerprint density at radius 2 is 1.68 bits per heavy atom. The van der Waals surface area contributed by atoms with Gasteiger partial charge in [-0.25, -0.2) is 0 Å². The summed E-state index contributed by atoms with van der Waals surface area (Å²) in [7, 11) is 0. The van der Waals surface area contributed by atoms with Gasteiger partial charge in [-0.2, -0.15) is 9.78 Å². The fourth-order valence-electron chi connectivity index (χ4n) is 2.88. The van der Waals surface area contributed by atoms with E-state index in [0.29, 0.717) is 0 Å². The highest BCUT2D eigenvalue weighted by Gasteiger charge is 2.54. The molecule has 0 aliphatic carbocycles. The van der Waals surface area contributed by atoms with E-state index in [4.69, 9.17) is 14.5 Å². The summed E-state index contributed by atoms with van der Waals surface area (Å²) in [6.45, 7) is 2.09. The molecule has 19 heavy (non-hydrogen) atoms. The number of benzene rings is 2. The molecule has 0 N–H and O–H groups in total. The van der Waals surface area contributed by atoms with Crippen molar-refractivity contribution in [1.82, 2.24) is 0 Å². The molecule has 4 rings (SSSR count). The quantitative estimate of drug-likeness (QED) is 0.731. The van der Waals surface area contributed by atoms with Crippen molar-refractivity contribution < 1.29 is 14.5 Å². The van der Waals surface area contributed by atoms with Crippen molar-refractivity contribution in [1.29, 1.82) is 0 Å². The van der Waals surface area contributed by atoms with E-state index < -0.39 is 5.79 Å². The van der Waals surface area contributed by atoms with E-state index in [1.54, 1.807) is 0 Å². The van der Waals surface area contributed by atoms with Crippen molar-refractivity contribution in [3.05, 3.63) is 71.3 Å². The van der Waals surface area contributed by atoms with Gasteiger partial charge in [-0.3, -0.25) is 0 Å². The van der Waals surface area contributed by atoms with Crippen molar-refractivity contribution in [3.8, 4) is 0 Å². The first-order valence-electron chi connectivity index (χ1n) is 6.48. The lowest BCUT2D eigenvalue weighted by Crippen LogP contribution is -2.36. The van der Waals surface area contributed by atoms with Crippen molar-refractivity contribution in [2.24, 2.45) is 0 Å². The Bertz CT molecular complexity index is 610. The number of ether oxygens (including phenoxy) is 1. The molecular formula is C16H14O3. The Morgan fingerprint density at radius 1 is 0.947 bits per heavy atom. The minimum absolute atomic E-state index is 0.163. The van der Waals surface area contributed by atoms with Crippen molar-refractivity contribution in [2.75, 3.05) is 0 Å². The lowest BCUT2D eigenvalue weighted by molar-refractivity contribution is -0.321. The first-order chi connectivity index (χ1) is 9.31. The third-order valence-corrected chi connectivity index (χ3v) is 3.91. The summed E-state index contributed by atoms with van der Waals surface area (Å²) in [5.41, 5.74) is 3.21. The first kappa shape index (κ1) is 11.2. The minimum atomic E-state index is -0.922. The maximum Gasteiger partial charge on any atom is 0.256 e. The van der Waals surface area contributed by atoms with Crippen LogP contribution in [-0.2, 0) is 20.3 Å². The molecule has 3 nitrogen and oxygen atoms in total. The van der Waals surface area contributed by atoms with Crippen LogP contribution < -0.4 is 0 Å². The third kappa shape index (κ3) is 1.43. The monoisotopic (exact) mass is 254 g/mol. The molecule has 1 saturated heterocycles. The van der Waals surface area contributed by atoms with E-state index >= 15 is 0 Å². The number of rotatable bonds is 1. The maximum atomic E-state index is 6.07. The molecule has 1 fully saturated rings. The van der Waals surface area contributed by atoms with Gasteiger partial charge in [0.25, 0.3) is 5.79 Å².